The molecule has 1 aromatic carbocycles. The number of amides is 1. The summed E-state index contributed by atoms with van der Waals surface area (Å²) in [4.78, 5) is 24.8. The number of rotatable bonds is 4. The fourth-order valence-electron chi connectivity index (χ4n) is 2.42. The SMILES string of the molecule is CC(Oc1ccccc1F)C(=O)N1CCC[C@@H](C(=O)O)C1. The van der Waals surface area contributed by atoms with Crippen molar-refractivity contribution in [1.29, 1.82) is 0 Å². The second kappa shape index (κ2) is 6.56. The summed E-state index contributed by atoms with van der Waals surface area (Å²) >= 11 is 0. The molecule has 2 rings (SSSR count). The van der Waals surface area contributed by atoms with Gasteiger partial charge in [0, 0.05) is 13.1 Å². The van der Waals surface area contributed by atoms with Crippen molar-refractivity contribution in [1.82, 2.24) is 4.90 Å². The van der Waals surface area contributed by atoms with E-state index in [9.17, 15) is 14.0 Å². The van der Waals surface area contributed by atoms with Gasteiger partial charge in [0.25, 0.3) is 5.91 Å². The smallest absolute Gasteiger partial charge is 0.308 e. The Balaban J connectivity index is 1.99. The lowest BCUT2D eigenvalue weighted by Crippen LogP contribution is -2.47. The number of carbonyl (C=O) groups is 2. The van der Waals surface area contributed by atoms with Crippen LogP contribution < -0.4 is 4.74 Å². The molecule has 21 heavy (non-hydrogen) atoms. The summed E-state index contributed by atoms with van der Waals surface area (Å²) in [5, 5.41) is 9.03. The molecule has 114 valence electrons. The Morgan fingerprint density at radius 1 is 1.43 bits per heavy atom. The number of halogens is 1. The lowest BCUT2D eigenvalue weighted by Gasteiger charge is -2.32. The largest absolute Gasteiger partial charge is 0.481 e. The molecule has 0 aromatic heterocycles. The number of likely N-dealkylation sites (tertiary alicyclic amines) is 1. The maximum absolute atomic E-state index is 13.5. The van der Waals surface area contributed by atoms with Crippen LogP contribution in [0.5, 0.6) is 5.75 Å². The molecule has 1 amide bonds. The van der Waals surface area contributed by atoms with Crippen molar-refractivity contribution < 1.29 is 23.8 Å². The number of para-hydroxylation sites is 1. The lowest BCUT2D eigenvalue weighted by atomic mass is 9.98. The first-order valence-electron chi connectivity index (χ1n) is 6.92. The van der Waals surface area contributed by atoms with Gasteiger partial charge in [-0.2, -0.15) is 0 Å². The predicted octanol–water partition coefficient (Wildman–Crippen LogP) is 1.92. The van der Waals surface area contributed by atoms with Crippen molar-refractivity contribution in [3.05, 3.63) is 30.1 Å². The first-order valence-corrected chi connectivity index (χ1v) is 6.92. The number of hydrogen-bond acceptors (Lipinski definition) is 3. The molecule has 1 unspecified atom stereocenters. The zero-order valence-corrected chi connectivity index (χ0v) is 11.8. The minimum absolute atomic E-state index is 0.0187. The Bertz CT molecular complexity index is 534. The average molecular weight is 295 g/mol. The van der Waals surface area contributed by atoms with E-state index in [1.165, 1.54) is 23.1 Å². The molecule has 0 radical (unpaired) electrons. The fourth-order valence-corrected chi connectivity index (χ4v) is 2.42. The third-order valence-corrected chi connectivity index (χ3v) is 3.57. The van der Waals surface area contributed by atoms with E-state index in [2.05, 4.69) is 0 Å². The van der Waals surface area contributed by atoms with Crippen molar-refractivity contribution in [2.45, 2.75) is 25.9 Å². The van der Waals surface area contributed by atoms with Gasteiger partial charge in [0.15, 0.2) is 17.7 Å². The first kappa shape index (κ1) is 15.3. The van der Waals surface area contributed by atoms with Gasteiger partial charge in [-0.1, -0.05) is 12.1 Å². The standard InChI is InChI=1S/C15H18FNO4/c1-10(21-13-7-3-2-6-12(13)16)14(18)17-8-4-5-11(9-17)15(19)20/h2-3,6-7,10-11H,4-5,8-9H2,1H3,(H,19,20)/t10?,11-/m1/s1. The van der Waals surface area contributed by atoms with E-state index in [-0.39, 0.29) is 18.2 Å². The quantitative estimate of drug-likeness (QED) is 0.921. The molecule has 0 bridgehead atoms. The minimum atomic E-state index is -0.893. The van der Waals surface area contributed by atoms with E-state index in [0.29, 0.717) is 19.4 Å². The summed E-state index contributed by atoms with van der Waals surface area (Å²) in [5.74, 6) is -2.26. The maximum Gasteiger partial charge on any atom is 0.308 e. The fraction of sp³-hybridized carbons (Fsp3) is 0.467. The topological polar surface area (TPSA) is 66.8 Å². The zero-order chi connectivity index (χ0) is 15.4. The van der Waals surface area contributed by atoms with Crippen LogP contribution in [-0.2, 0) is 9.59 Å². The number of nitrogens with zero attached hydrogens (tertiary/aromatic N) is 1. The number of benzene rings is 1. The van der Waals surface area contributed by atoms with Gasteiger partial charge in [-0.15, -0.1) is 0 Å². The highest BCUT2D eigenvalue weighted by molar-refractivity contribution is 5.82. The monoisotopic (exact) mass is 295 g/mol. The summed E-state index contributed by atoms with van der Waals surface area (Å²) in [6.45, 7) is 2.23. The van der Waals surface area contributed by atoms with Gasteiger partial charge in [0.2, 0.25) is 0 Å². The number of carbonyl (C=O) groups excluding carboxylic acids is 1. The molecular weight excluding hydrogens is 277 g/mol. The molecule has 2 atom stereocenters. The van der Waals surface area contributed by atoms with Gasteiger partial charge in [-0.05, 0) is 31.9 Å². The second-order valence-corrected chi connectivity index (χ2v) is 5.15. The molecule has 0 saturated carbocycles. The van der Waals surface area contributed by atoms with Crippen LogP contribution >= 0.6 is 0 Å². The average Bonchev–Trinajstić information content (AvgIpc) is 2.49. The van der Waals surface area contributed by atoms with Crippen molar-refractivity contribution in [2.24, 2.45) is 5.92 Å². The maximum atomic E-state index is 13.5. The molecule has 1 N–H and O–H groups in total. The van der Waals surface area contributed by atoms with E-state index < -0.39 is 23.8 Å². The summed E-state index contributed by atoms with van der Waals surface area (Å²) < 4.78 is 18.8. The van der Waals surface area contributed by atoms with E-state index >= 15 is 0 Å². The highest BCUT2D eigenvalue weighted by atomic mass is 19.1. The van der Waals surface area contributed by atoms with Crippen LogP contribution in [0, 0.1) is 11.7 Å². The summed E-state index contributed by atoms with van der Waals surface area (Å²) in [6, 6.07) is 5.87. The number of hydrogen-bond donors (Lipinski definition) is 1. The normalized spacial score (nSPS) is 19.9. The first-order chi connectivity index (χ1) is 9.99. The van der Waals surface area contributed by atoms with Crippen LogP contribution in [0.2, 0.25) is 0 Å². The summed E-state index contributed by atoms with van der Waals surface area (Å²) in [7, 11) is 0. The molecule has 1 aliphatic heterocycles. The Kier molecular flexibility index (Phi) is 4.77. The Morgan fingerprint density at radius 3 is 2.81 bits per heavy atom. The third kappa shape index (κ3) is 3.71. The van der Waals surface area contributed by atoms with Gasteiger partial charge in [-0.3, -0.25) is 9.59 Å². The van der Waals surface area contributed by atoms with Crippen molar-refractivity contribution in [3.63, 3.8) is 0 Å². The van der Waals surface area contributed by atoms with Crippen LogP contribution in [-0.4, -0.2) is 41.1 Å². The number of carboxylic acid groups (broad SMARTS) is 1. The molecule has 1 aliphatic rings. The Morgan fingerprint density at radius 2 is 2.14 bits per heavy atom. The molecule has 0 aliphatic carbocycles. The Hall–Kier alpha value is -2.11. The number of piperidine rings is 1. The van der Waals surface area contributed by atoms with E-state index in [1.54, 1.807) is 13.0 Å². The van der Waals surface area contributed by atoms with Gasteiger partial charge < -0.3 is 14.7 Å². The van der Waals surface area contributed by atoms with Crippen molar-refractivity contribution in [3.8, 4) is 5.75 Å². The molecule has 5 nitrogen and oxygen atoms in total. The summed E-state index contributed by atoms with van der Waals surface area (Å²) in [5.41, 5.74) is 0. The highest BCUT2D eigenvalue weighted by Gasteiger charge is 2.31. The third-order valence-electron chi connectivity index (χ3n) is 3.57. The molecular formula is C15H18FNO4. The van der Waals surface area contributed by atoms with Crippen LogP contribution in [0.4, 0.5) is 4.39 Å². The lowest BCUT2D eigenvalue weighted by molar-refractivity contribution is -0.147. The number of aliphatic carboxylic acids is 1. The van der Waals surface area contributed by atoms with Crippen LogP contribution in [0.25, 0.3) is 0 Å². The molecule has 1 aromatic rings. The second-order valence-electron chi connectivity index (χ2n) is 5.15. The van der Waals surface area contributed by atoms with Crippen LogP contribution in [0.3, 0.4) is 0 Å². The van der Waals surface area contributed by atoms with E-state index in [0.717, 1.165) is 0 Å². The molecule has 0 spiro atoms. The minimum Gasteiger partial charge on any atom is -0.481 e. The molecule has 6 heteroatoms. The van der Waals surface area contributed by atoms with Gasteiger partial charge in [-0.25, -0.2) is 4.39 Å². The van der Waals surface area contributed by atoms with Gasteiger partial charge in [0.1, 0.15) is 0 Å². The molecule has 1 fully saturated rings. The zero-order valence-electron chi connectivity index (χ0n) is 11.8. The predicted molar refractivity (Wildman–Crippen MR) is 73.4 cm³/mol. The van der Waals surface area contributed by atoms with Gasteiger partial charge in [0.05, 0.1) is 5.92 Å². The molecule has 1 heterocycles. The highest BCUT2D eigenvalue weighted by Crippen LogP contribution is 2.20. The van der Waals surface area contributed by atoms with E-state index in [1.807, 2.05) is 0 Å². The van der Waals surface area contributed by atoms with Crippen LogP contribution in [0.1, 0.15) is 19.8 Å². The number of ether oxygens (including phenoxy) is 1. The van der Waals surface area contributed by atoms with Crippen molar-refractivity contribution >= 4 is 11.9 Å². The van der Waals surface area contributed by atoms with Crippen LogP contribution in [0.15, 0.2) is 24.3 Å². The summed E-state index contributed by atoms with van der Waals surface area (Å²) in [6.07, 6.45) is 0.367. The van der Waals surface area contributed by atoms with Crippen molar-refractivity contribution in [2.75, 3.05) is 13.1 Å². The molecule has 1 saturated heterocycles. The van der Waals surface area contributed by atoms with Gasteiger partial charge >= 0.3 is 5.97 Å². The Labute approximate surface area is 122 Å². The number of carboxylic acids is 1. The van der Waals surface area contributed by atoms with E-state index in [4.69, 9.17) is 9.84 Å².